The summed E-state index contributed by atoms with van der Waals surface area (Å²) in [5.41, 5.74) is 1.20. The first-order chi connectivity index (χ1) is 4.70. The van der Waals surface area contributed by atoms with E-state index in [1.165, 1.54) is 5.71 Å². The van der Waals surface area contributed by atoms with Crippen molar-refractivity contribution in [1.82, 2.24) is 0 Å². The Morgan fingerprint density at radius 1 is 1.60 bits per heavy atom. The Labute approximate surface area is 62.1 Å². The van der Waals surface area contributed by atoms with Gasteiger partial charge >= 0.3 is 0 Å². The summed E-state index contributed by atoms with van der Waals surface area (Å²) < 4.78 is 0. The Morgan fingerprint density at radius 2 is 2.30 bits per heavy atom. The van der Waals surface area contributed by atoms with E-state index < -0.39 is 0 Å². The van der Waals surface area contributed by atoms with E-state index in [-0.39, 0.29) is 0 Å². The van der Waals surface area contributed by atoms with Gasteiger partial charge in [-0.15, -0.1) is 0 Å². The predicted molar refractivity (Wildman–Crippen MR) is 44.8 cm³/mol. The van der Waals surface area contributed by atoms with E-state index in [4.69, 9.17) is 0 Å². The summed E-state index contributed by atoms with van der Waals surface area (Å²) in [4.78, 5) is 8.35. The van der Waals surface area contributed by atoms with Gasteiger partial charge in [0.1, 0.15) is 6.34 Å². The van der Waals surface area contributed by atoms with Gasteiger partial charge < -0.3 is 0 Å². The molecule has 1 atom stereocenters. The lowest BCUT2D eigenvalue weighted by atomic mass is 9.99. The van der Waals surface area contributed by atoms with Crippen LogP contribution in [0.1, 0.15) is 27.2 Å². The van der Waals surface area contributed by atoms with Crippen LogP contribution in [0.4, 0.5) is 0 Å². The molecule has 2 heteroatoms. The molecule has 0 aliphatic carbocycles. The number of rotatable bonds is 1. The lowest BCUT2D eigenvalue weighted by Gasteiger charge is -2.17. The SMILES string of the molecule is CC1=NC=NC(C(C)C)C1. The summed E-state index contributed by atoms with van der Waals surface area (Å²) in [7, 11) is 0. The van der Waals surface area contributed by atoms with Crippen molar-refractivity contribution < 1.29 is 0 Å². The molecule has 0 spiro atoms. The van der Waals surface area contributed by atoms with Crippen LogP contribution in [-0.4, -0.2) is 18.1 Å². The highest BCUT2D eigenvalue weighted by Gasteiger charge is 2.14. The Bertz CT molecular complexity index is 168. The van der Waals surface area contributed by atoms with Gasteiger partial charge in [0, 0.05) is 12.1 Å². The molecule has 0 N–H and O–H groups in total. The molecule has 1 unspecified atom stereocenters. The molecule has 0 fully saturated rings. The van der Waals surface area contributed by atoms with Crippen LogP contribution in [0, 0.1) is 5.92 Å². The zero-order valence-electron chi connectivity index (χ0n) is 6.83. The minimum absolute atomic E-state index is 0.470. The summed E-state index contributed by atoms with van der Waals surface area (Å²) in [5.74, 6) is 0.640. The van der Waals surface area contributed by atoms with Crippen LogP contribution in [0.15, 0.2) is 9.98 Å². The van der Waals surface area contributed by atoms with Crippen LogP contribution in [0.5, 0.6) is 0 Å². The Morgan fingerprint density at radius 3 is 2.70 bits per heavy atom. The minimum atomic E-state index is 0.470. The summed E-state index contributed by atoms with van der Waals surface area (Å²) in [5, 5.41) is 0. The van der Waals surface area contributed by atoms with Crippen LogP contribution < -0.4 is 0 Å². The number of hydrogen-bond acceptors (Lipinski definition) is 2. The third-order valence-corrected chi connectivity index (χ3v) is 1.81. The van der Waals surface area contributed by atoms with Gasteiger partial charge in [-0.1, -0.05) is 13.8 Å². The molecule has 1 rings (SSSR count). The predicted octanol–water partition coefficient (Wildman–Crippen LogP) is 1.90. The molecule has 0 amide bonds. The van der Waals surface area contributed by atoms with Crippen molar-refractivity contribution in [3.63, 3.8) is 0 Å². The van der Waals surface area contributed by atoms with Crippen molar-refractivity contribution in [2.24, 2.45) is 15.9 Å². The van der Waals surface area contributed by atoms with Gasteiger partial charge in [-0.25, -0.2) is 4.99 Å². The molecule has 2 nitrogen and oxygen atoms in total. The van der Waals surface area contributed by atoms with Crippen LogP contribution >= 0.6 is 0 Å². The zero-order chi connectivity index (χ0) is 7.56. The van der Waals surface area contributed by atoms with Crippen molar-refractivity contribution in [3.05, 3.63) is 0 Å². The van der Waals surface area contributed by atoms with Crippen LogP contribution in [0.2, 0.25) is 0 Å². The molecule has 1 heterocycles. The molecule has 0 radical (unpaired) electrons. The van der Waals surface area contributed by atoms with Crippen LogP contribution in [-0.2, 0) is 0 Å². The summed E-state index contributed by atoms with van der Waals surface area (Å²) in [6.07, 6.45) is 2.72. The molecular weight excluding hydrogens is 124 g/mol. The molecule has 0 bridgehead atoms. The highest BCUT2D eigenvalue weighted by atomic mass is 14.9. The van der Waals surface area contributed by atoms with Crippen molar-refractivity contribution in [2.45, 2.75) is 33.2 Å². The van der Waals surface area contributed by atoms with Crippen molar-refractivity contribution in [3.8, 4) is 0 Å². The lowest BCUT2D eigenvalue weighted by molar-refractivity contribution is 0.506. The number of hydrogen-bond donors (Lipinski definition) is 0. The zero-order valence-corrected chi connectivity index (χ0v) is 6.83. The largest absolute Gasteiger partial charge is 0.270 e. The van der Waals surface area contributed by atoms with Gasteiger partial charge in [-0.05, 0) is 12.8 Å². The van der Waals surface area contributed by atoms with E-state index in [2.05, 4.69) is 30.8 Å². The quantitative estimate of drug-likeness (QED) is 0.528. The van der Waals surface area contributed by atoms with Crippen molar-refractivity contribution in [2.75, 3.05) is 0 Å². The maximum atomic E-state index is 4.27. The molecule has 0 saturated carbocycles. The smallest absolute Gasteiger partial charge is 0.110 e. The van der Waals surface area contributed by atoms with Crippen LogP contribution in [0.3, 0.4) is 0 Å². The molecular formula is C8H14N2. The van der Waals surface area contributed by atoms with E-state index in [0.29, 0.717) is 12.0 Å². The lowest BCUT2D eigenvalue weighted by Crippen LogP contribution is -2.19. The van der Waals surface area contributed by atoms with Gasteiger partial charge in [0.15, 0.2) is 0 Å². The standard InChI is InChI=1S/C8H14N2/c1-6(2)8-4-7(3)9-5-10-8/h5-6,8H,4H2,1-3H3. The maximum absolute atomic E-state index is 4.27. The normalized spacial score (nSPS) is 25.2. The molecule has 0 aromatic rings. The van der Waals surface area contributed by atoms with Gasteiger partial charge in [0.05, 0.1) is 6.04 Å². The fourth-order valence-electron chi connectivity index (χ4n) is 1.03. The molecule has 1 aliphatic rings. The molecule has 56 valence electrons. The maximum Gasteiger partial charge on any atom is 0.110 e. The fraction of sp³-hybridized carbons (Fsp3) is 0.750. The van der Waals surface area contributed by atoms with Crippen molar-refractivity contribution in [1.29, 1.82) is 0 Å². The second-order valence-electron chi connectivity index (χ2n) is 3.14. The molecule has 1 aliphatic heterocycles. The van der Waals surface area contributed by atoms with Gasteiger partial charge in [0.2, 0.25) is 0 Å². The Hall–Kier alpha value is -0.660. The van der Waals surface area contributed by atoms with Crippen molar-refractivity contribution >= 4 is 12.1 Å². The average molecular weight is 138 g/mol. The van der Waals surface area contributed by atoms with Gasteiger partial charge in [-0.2, -0.15) is 0 Å². The number of aliphatic imine (C=N–C) groups is 2. The van der Waals surface area contributed by atoms with E-state index in [1.54, 1.807) is 6.34 Å². The molecule has 10 heavy (non-hydrogen) atoms. The fourth-order valence-corrected chi connectivity index (χ4v) is 1.03. The van der Waals surface area contributed by atoms with E-state index >= 15 is 0 Å². The molecule has 0 aromatic heterocycles. The van der Waals surface area contributed by atoms with E-state index in [0.717, 1.165) is 6.42 Å². The Balaban J connectivity index is 2.55. The second-order valence-corrected chi connectivity index (χ2v) is 3.14. The average Bonchev–Trinajstić information content (AvgIpc) is 1.88. The number of nitrogens with zero attached hydrogens (tertiary/aromatic N) is 2. The first kappa shape index (κ1) is 7.45. The minimum Gasteiger partial charge on any atom is -0.270 e. The molecule has 0 aromatic carbocycles. The topological polar surface area (TPSA) is 24.7 Å². The van der Waals surface area contributed by atoms with Gasteiger partial charge in [0.25, 0.3) is 0 Å². The van der Waals surface area contributed by atoms with Gasteiger partial charge in [-0.3, -0.25) is 4.99 Å². The first-order valence-electron chi connectivity index (χ1n) is 3.75. The summed E-state index contributed by atoms with van der Waals surface area (Å²) >= 11 is 0. The van der Waals surface area contributed by atoms with E-state index in [1.807, 2.05) is 0 Å². The third-order valence-electron chi connectivity index (χ3n) is 1.81. The molecule has 0 saturated heterocycles. The summed E-state index contributed by atoms with van der Waals surface area (Å²) in [6, 6.07) is 0.470. The van der Waals surface area contributed by atoms with E-state index in [9.17, 15) is 0 Å². The highest BCUT2D eigenvalue weighted by molar-refractivity contribution is 5.90. The highest BCUT2D eigenvalue weighted by Crippen LogP contribution is 2.13. The monoisotopic (exact) mass is 138 g/mol. The second kappa shape index (κ2) is 2.95. The third kappa shape index (κ3) is 1.66. The summed E-state index contributed by atoms with van der Waals surface area (Å²) in [6.45, 7) is 6.45. The Kier molecular flexibility index (Phi) is 2.20. The first-order valence-corrected chi connectivity index (χ1v) is 3.75. The van der Waals surface area contributed by atoms with Crippen LogP contribution in [0.25, 0.3) is 0 Å².